The minimum absolute atomic E-state index is 0.852. The van der Waals surface area contributed by atoms with Gasteiger partial charge in [-0.15, -0.1) is 0 Å². The van der Waals surface area contributed by atoms with Gasteiger partial charge in [-0.25, -0.2) is 0 Å². The fourth-order valence-corrected chi connectivity index (χ4v) is 6.90. The molecule has 0 bridgehead atoms. The largest absolute Gasteiger partial charge is 0.456 e. The topological polar surface area (TPSA) is 19.6 Å². The summed E-state index contributed by atoms with van der Waals surface area (Å²) in [5.74, 6) is 0. The Kier molecular flexibility index (Phi) is 7.14. The summed E-state index contributed by atoms with van der Waals surface area (Å²) in [5.41, 5.74) is 10.6. The highest BCUT2D eigenvalue weighted by Gasteiger charge is 2.19. The molecule has 0 saturated carbocycles. The van der Waals surface area contributed by atoms with Crippen LogP contribution in [0, 0.1) is 0 Å². The zero-order valence-electron chi connectivity index (χ0n) is 26.8. The van der Waals surface area contributed by atoms with E-state index >= 15 is 0 Å². The number of furan rings is 1. The lowest BCUT2D eigenvalue weighted by Gasteiger charge is -2.27. The molecule has 0 saturated heterocycles. The Morgan fingerprint density at radius 2 is 0.857 bits per heavy atom. The van der Waals surface area contributed by atoms with Crippen LogP contribution in [0.1, 0.15) is 0 Å². The molecule has 3 nitrogen and oxygen atoms in total. The summed E-state index contributed by atoms with van der Waals surface area (Å²) < 4.78 is 6.55. The summed E-state index contributed by atoms with van der Waals surface area (Å²) in [7, 11) is 0. The van der Waals surface area contributed by atoms with Crippen LogP contribution in [-0.4, -0.2) is 0 Å². The number of hydrogen-bond donors (Lipinski definition) is 0. The Morgan fingerprint density at radius 3 is 1.59 bits per heavy atom. The number of para-hydroxylation sites is 2. The predicted molar refractivity (Wildman–Crippen MR) is 206 cm³/mol. The quantitative estimate of drug-likeness (QED) is 0.175. The molecule has 0 atom stereocenters. The zero-order chi connectivity index (χ0) is 32.6. The van der Waals surface area contributed by atoms with Crippen LogP contribution < -0.4 is 9.80 Å². The summed E-state index contributed by atoms with van der Waals surface area (Å²) in [6.07, 6.45) is 0. The molecule has 0 fully saturated rings. The summed E-state index contributed by atoms with van der Waals surface area (Å²) in [6.45, 7) is 0. The van der Waals surface area contributed by atoms with E-state index in [1.165, 1.54) is 21.9 Å². The molecule has 49 heavy (non-hydrogen) atoms. The van der Waals surface area contributed by atoms with Gasteiger partial charge < -0.3 is 14.2 Å². The molecule has 1 aromatic heterocycles. The number of nitrogens with zero attached hydrogens (tertiary/aromatic N) is 2. The van der Waals surface area contributed by atoms with Crippen LogP contribution in [0.3, 0.4) is 0 Å². The van der Waals surface area contributed by atoms with Crippen molar-refractivity contribution < 1.29 is 4.42 Å². The summed E-state index contributed by atoms with van der Waals surface area (Å²) >= 11 is 0. The molecular weight excluding hydrogens is 597 g/mol. The molecule has 9 rings (SSSR count). The highest BCUT2D eigenvalue weighted by molar-refractivity contribution is 6.08. The van der Waals surface area contributed by atoms with Crippen LogP contribution in [0.4, 0.5) is 34.1 Å². The van der Waals surface area contributed by atoms with Gasteiger partial charge in [-0.3, -0.25) is 0 Å². The number of hydrogen-bond acceptors (Lipinski definition) is 3. The standard InChI is InChI=1S/C46H32N2O/c1-4-13-33(14-5-1)34-23-25-38(26-24-34)48(44-22-12-16-35-15-10-11-21-41(35)44)39-28-30-45-43(31-39)42-29-27-40(32-46(42)49-45)47(36-17-6-2-7-18-36)37-19-8-3-9-20-37/h1-32H. The normalized spacial score (nSPS) is 11.3. The lowest BCUT2D eigenvalue weighted by Crippen LogP contribution is -2.10. The van der Waals surface area contributed by atoms with Crippen molar-refractivity contribution in [2.75, 3.05) is 9.80 Å². The first kappa shape index (κ1) is 28.6. The van der Waals surface area contributed by atoms with Crippen molar-refractivity contribution in [1.82, 2.24) is 0 Å². The fraction of sp³-hybridized carbons (Fsp3) is 0. The second-order valence-corrected chi connectivity index (χ2v) is 12.2. The Balaban J connectivity index is 1.18. The monoisotopic (exact) mass is 628 g/mol. The second-order valence-electron chi connectivity index (χ2n) is 12.2. The first-order chi connectivity index (χ1) is 24.3. The first-order valence-electron chi connectivity index (χ1n) is 16.6. The third-order valence-electron chi connectivity index (χ3n) is 9.22. The molecule has 0 N–H and O–H groups in total. The van der Waals surface area contributed by atoms with Gasteiger partial charge in [0.15, 0.2) is 0 Å². The third-order valence-corrected chi connectivity index (χ3v) is 9.22. The molecule has 0 spiro atoms. The summed E-state index contributed by atoms with van der Waals surface area (Å²) in [4.78, 5) is 4.62. The van der Waals surface area contributed by atoms with Crippen LogP contribution in [0.2, 0.25) is 0 Å². The summed E-state index contributed by atoms with van der Waals surface area (Å²) in [5, 5.41) is 4.56. The van der Waals surface area contributed by atoms with E-state index in [-0.39, 0.29) is 0 Å². The van der Waals surface area contributed by atoms with E-state index in [4.69, 9.17) is 4.42 Å². The van der Waals surface area contributed by atoms with Crippen LogP contribution in [0.5, 0.6) is 0 Å². The van der Waals surface area contributed by atoms with Gasteiger partial charge in [0.05, 0.1) is 5.69 Å². The molecule has 1 heterocycles. The first-order valence-corrected chi connectivity index (χ1v) is 16.6. The SMILES string of the molecule is c1ccc(-c2ccc(N(c3ccc4oc5cc(N(c6ccccc6)c6ccccc6)ccc5c4c3)c3cccc4ccccc34)cc2)cc1. The minimum Gasteiger partial charge on any atom is -0.456 e. The maximum absolute atomic E-state index is 6.55. The second kappa shape index (κ2) is 12.2. The molecule has 8 aromatic carbocycles. The van der Waals surface area contributed by atoms with Gasteiger partial charge in [0.1, 0.15) is 11.2 Å². The van der Waals surface area contributed by atoms with Crippen LogP contribution >= 0.6 is 0 Å². The van der Waals surface area contributed by atoms with E-state index in [9.17, 15) is 0 Å². The lowest BCUT2D eigenvalue weighted by atomic mass is 10.0. The van der Waals surface area contributed by atoms with Gasteiger partial charge in [0, 0.05) is 50.7 Å². The maximum atomic E-state index is 6.55. The van der Waals surface area contributed by atoms with Crippen LogP contribution in [0.25, 0.3) is 43.8 Å². The Hall–Kier alpha value is -6.58. The van der Waals surface area contributed by atoms with Crippen molar-refractivity contribution >= 4 is 66.8 Å². The van der Waals surface area contributed by atoms with Gasteiger partial charge in [0.25, 0.3) is 0 Å². The molecule has 232 valence electrons. The van der Waals surface area contributed by atoms with Crippen LogP contribution in [0.15, 0.2) is 199 Å². The smallest absolute Gasteiger partial charge is 0.137 e. The average Bonchev–Trinajstić information content (AvgIpc) is 3.54. The molecule has 0 radical (unpaired) electrons. The van der Waals surface area contributed by atoms with Gasteiger partial charge >= 0.3 is 0 Å². The molecule has 9 aromatic rings. The minimum atomic E-state index is 0.852. The van der Waals surface area contributed by atoms with E-state index in [0.717, 1.165) is 56.1 Å². The average molecular weight is 629 g/mol. The Morgan fingerprint density at radius 1 is 0.306 bits per heavy atom. The highest BCUT2D eigenvalue weighted by atomic mass is 16.3. The molecule has 3 heteroatoms. The highest BCUT2D eigenvalue weighted by Crippen LogP contribution is 2.43. The van der Waals surface area contributed by atoms with Gasteiger partial charge in [-0.05, 0) is 89.3 Å². The van der Waals surface area contributed by atoms with E-state index in [1.807, 2.05) is 12.1 Å². The van der Waals surface area contributed by atoms with Crippen molar-refractivity contribution in [3.05, 3.63) is 194 Å². The van der Waals surface area contributed by atoms with Crippen molar-refractivity contribution in [2.45, 2.75) is 0 Å². The van der Waals surface area contributed by atoms with Gasteiger partial charge in [-0.1, -0.05) is 115 Å². The fourth-order valence-electron chi connectivity index (χ4n) is 6.90. The lowest BCUT2D eigenvalue weighted by molar-refractivity contribution is 0.669. The van der Waals surface area contributed by atoms with Gasteiger partial charge in [-0.2, -0.15) is 0 Å². The van der Waals surface area contributed by atoms with E-state index in [1.54, 1.807) is 0 Å². The molecule has 0 aliphatic rings. The van der Waals surface area contributed by atoms with E-state index < -0.39 is 0 Å². The molecule has 0 unspecified atom stereocenters. The van der Waals surface area contributed by atoms with Crippen molar-refractivity contribution in [2.24, 2.45) is 0 Å². The maximum Gasteiger partial charge on any atom is 0.137 e. The van der Waals surface area contributed by atoms with Gasteiger partial charge in [0.2, 0.25) is 0 Å². The van der Waals surface area contributed by atoms with Crippen LogP contribution in [-0.2, 0) is 0 Å². The Labute approximate surface area is 285 Å². The molecular formula is C46H32N2O. The predicted octanol–water partition coefficient (Wildman–Crippen LogP) is 13.3. The Bertz CT molecular complexity index is 2500. The molecule has 0 aliphatic carbocycles. The summed E-state index contributed by atoms with van der Waals surface area (Å²) in [6, 6.07) is 68.5. The van der Waals surface area contributed by atoms with E-state index in [2.05, 4.69) is 192 Å². The molecule has 0 aliphatic heterocycles. The van der Waals surface area contributed by atoms with Crippen molar-refractivity contribution in [3.8, 4) is 11.1 Å². The third kappa shape index (κ3) is 5.28. The van der Waals surface area contributed by atoms with Crippen molar-refractivity contribution in [3.63, 3.8) is 0 Å². The number of benzene rings is 8. The molecule has 0 amide bonds. The van der Waals surface area contributed by atoms with Crippen molar-refractivity contribution in [1.29, 1.82) is 0 Å². The number of fused-ring (bicyclic) bond motifs is 4. The zero-order valence-corrected chi connectivity index (χ0v) is 26.8. The number of rotatable bonds is 7. The van der Waals surface area contributed by atoms with E-state index in [0.29, 0.717) is 0 Å². The number of anilines is 6.